The van der Waals surface area contributed by atoms with Crippen LogP contribution in [0, 0.1) is 0 Å². The summed E-state index contributed by atoms with van der Waals surface area (Å²) in [5.74, 6) is 1.29. The van der Waals surface area contributed by atoms with Crippen LogP contribution in [0.4, 0.5) is 0 Å². The van der Waals surface area contributed by atoms with Crippen LogP contribution in [0.15, 0.2) is 35.7 Å². The van der Waals surface area contributed by atoms with Crippen molar-refractivity contribution in [1.82, 2.24) is 9.88 Å². The Kier molecular flexibility index (Phi) is 5.15. The van der Waals surface area contributed by atoms with Crippen LogP contribution in [0.1, 0.15) is 15.2 Å². The minimum Gasteiger partial charge on any atom is -0.454 e. The highest BCUT2D eigenvalue weighted by Crippen LogP contribution is 2.36. The van der Waals surface area contributed by atoms with Crippen LogP contribution < -0.4 is 9.47 Å². The predicted molar refractivity (Wildman–Crippen MR) is 104 cm³/mol. The molecule has 0 N–H and O–H groups in total. The number of benzene rings is 1. The maximum absolute atomic E-state index is 12.8. The fourth-order valence-corrected chi connectivity index (χ4v) is 3.81. The Morgan fingerprint density at radius 2 is 2.15 bits per heavy atom. The normalized spacial score (nSPS) is 12.5. The van der Waals surface area contributed by atoms with E-state index in [9.17, 15) is 4.79 Å². The standard InChI is InChI=1S/C19H17ClN2O4S/c1-24-5-4-22(19(23)17-3-2-6-27-17)10-13-7-12-8-15-16(26-11-25-15)9-14(12)21-18(13)20/h2-3,6-9H,4-5,10-11H2,1H3. The summed E-state index contributed by atoms with van der Waals surface area (Å²) in [6.07, 6.45) is 0. The van der Waals surface area contributed by atoms with Crippen LogP contribution in [0.3, 0.4) is 0 Å². The summed E-state index contributed by atoms with van der Waals surface area (Å²) in [4.78, 5) is 19.7. The highest BCUT2D eigenvalue weighted by molar-refractivity contribution is 7.12. The van der Waals surface area contributed by atoms with Gasteiger partial charge in [0.25, 0.3) is 5.91 Å². The summed E-state index contributed by atoms with van der Waals surface area (Å²) in [7, 11) is 1.61. The lowest BCUT2D eigenvalue weighted by molar-refractivity contribution is 0.0685. The maximum Gasteiger partial charge on any atom is 0.264 e. The quantitative estimate of drug-likeness (QED) is 0.582. The molecule has 8 heteroatoms. The molecule has 0 atom stereocenters. The van der Waals surface area contributed by atoms with Crippen molar-refractivity contribution in [2.45, 2.75) is 6.54 Å². The molecule has 6 nitrogen and oxygen atoms in total. The number of aromatic nitrogens is 1. The van der Waals surface area contributed by atoms with Crippen molar-refractivity contribution in [3.63, 3.8) is 0 Å². The summed E-state index contributed by atoms with van der Waals surface area (Å²) in [5.41, 5.74) is 1.49. The second-order valence-corrected chi connectivity index (χ2v) is 7.34. The van der Waals surface area contributed by atoms with Crippen molar-refractivity contribution < 1.29 is 19.0 Å². The second-order valence-electron chi connectivity index (χ2n) is 6.03. The van der Waals surface area contributed by atoms with E-state index in [0.29, 0.717) is 41.2 Å². The number of ether oxygens (including phenoxy) is 3. The number of fused-ring (bicyclic) bond motifs is 2. The molecule has 0 radical (unpaired) electrons. The van der Waals surface area contributed by atoms with Gasteiger partial charge in [-0.1, -0.05) is 17.7 Å². The largest absolute Gasteiger partial charge is 0.454 e. The molecule has 0 unspecified atom stereocenters. The van der Waals surface area contributed by atoms with Gasteiger partial charge in [-0.05, 0) is 23.6 Å². The molecule has 0 aliphatic carbocycles. The second kappa shape index (κ2) is 7.72. The number of rotatable bonds is 6. The average molecular weight is 405 g/mol. The first-order chi connectivity index (χ1) is 13.2. The molecule has 1 aliphatic rings. The molecule has 0 saturated heterocycles. The number of carbonyl (C=O) groups is 1. The van der Waals surface area contributed by atoms with Gasteiger partial charge in [0.1, 0.15) is 5.15 Å². The Balaban J connectivity index is 1.65. The zero-order chi connectivity index (χ0) is 18.8. The van der Waals surface area contributed by atoms with E-state index < -0.39 is 0 Å². The summed E-state index contributed by atoms with van der Waals surface area (Å²) in [6, 6.07) is 9.30. The molecule has 3 aromatic rings. The third-order valence-electron chi connectivity index (χ3n) is 4.28. The lowest BCUT2D eigenvalue weighted by Gasteiger charge is -2.22. The van der Waals surface area contributed by atoms with E-state index in [2.05, 4.69) is 4.98 Å². The zero-order valence-electron chi connectivity index (χ0n) is 14.6. The Labute approximate surface area is 165 Å². The molecule has 4 rings (SSSR count). The fourth-order valence-electron chi connectivity index (χ4n) is 2.91. The molecule has 3 heterocycles. The first-order valence-corrected chi connectivity index (χ1v) is 9.62. The van der Waals surface area contributed by atoms with Gasteiger partial charge < -0.3 is 19.1 Å². The summed E-state index contributed by atoms with van der Waals surface area (Å²) in [5, 5.41) is 3.13. The van der Waals surface area contributed by atoms with Gasteiger partial charge >= 0.3 is 0 Å². The molecular weight excluding hydrogens is 388 g/mol. The zero-order valence-corrected chi connectivity index (χ0v) is 16.2. The minimum absolute atomic E-state index is 0.0519. The van der Waals surface area contributed by atoms with E-state index >= 15 is 0 Å². The highest BCUT2D eigenvalue weighted by atomic mass is 35.5. The number of halogens is 1. The van der Waals surface area contributed by atoms with E-state index in [1.165, 1.54) is 11.3 Å². The van der Waals surface area contributed by atoms with E-state index in [1.807, 2.05) is 35.7 Å². The molecule has 1 aliphatic heterocycles. The molecule has 0 fully saturated rings. The number of nitrogens with zero attached hydrogens (tertiary/aromatic N) is 2. The third kappa shape index (κ3) is 3.71. The SMILES string of the molecule is COCCN(Cc1cc2cc3c(cc2nc1Cl)OCO3)C(=O)c1cccs1. The minimum atomic E-state index is -0.0519. The summed E-state index contributed by atoms with van der Waals surface area (Å²) >= 11 is 7.82. The Hall–Kier alpha value is -2.35. The molecule has 0 bridgehead atoms. The molecule has 1 aromatic carbocycles. The monoisotopic (exact) mass is 404 g/mol. The van der Waals surface area contributed by atoms with Crippen LogP contribution in [0.2, 0.25) is 5.15 Å². The lowest BCUT2D eigenvalue weighted by atomic mass is 10.1. The van der Waals surface area contributed by atoms with Crippen molar-refractivity contribution in [3.8, 4) is 11.5 Å². The first-order valence-electron chi connectivity index (χ1n) is 8.36. The van der Waals surface area contributed by atoms with Gasteiger partial charge in [-0.25, -0.2) is 4.98 Å². The molecule has 0 spiro atoms. The number of methoxy groups -OCH3 is 1. The van der Waals surface area contributed by atoms with Gasteiger partial charge in [-0.2, -0.15) is 0 Å². The molecule has 0 saturated carbocycles. The first kappa shape index (κ1) is 18.0. The van der Waals surface area contributed by atoms with E-state index in [0.717, 1.165) is 16.5 Å². The molecule has 140 valence electrons. The lowest BCUT2D eigenvalue weighted by Crippen LogP contribution is -2.33. The van der Waals surface area contributed by atoms with Crippen LogP contribution in [0.5, 0.6) is 11.5 Å². The number of pyridine rings is 1. The predicted octanol–water partition coefficient (Wildman–Crippen LogP) is 3.97. The van der Waals surface area contributed by atoms with Gasteiger partial charge in [-0.3, -0.25) is 4.79 Å². The van der Waals surface area contributed by atoms with E-state index in [-0.39, 0.29) is 12.7 Å². The smallest absolute Gasteiger partial charge is 0.264 e. The topological polar surface area (TPSA) is 60.9 Å². The van der Waals surface area contributed by atoms with Gasteiger partial charge in [0.05, 0.1) is 17.0 Å². The van der Waals surface area contributed by atoms with Gasteiger partial charge in [0.15, 0.2) is 11.5 Å². The number of carbonyl (C=O) groups excluding carboxylic acids is 1. The third-order valence-corrected chi connectivity index (χ3v) is 5.47. The van der Waals surface area contributed by atoms with Crippen molar-refractivity contribution in [2.75, 3.05) is 27.1 Å². The van der Waals surface area contributed by atoms with Crippen LogP contribution in [0.25, 0.3) is 10.9 Å². The van der Waals surface area contributed by atoms with Crippen molar-refractivity contribution >= 4 is 39.7 Å². The van der Waals surface area contributed by atoms with Gasteiger partial charge in [-0.15, -0.1) is 11.3 Å². The number of thiophene rings is 1. The molecule has 2 aromatic heterocycles. The average Bonchev–Trinajstić information content (AvgIpc) is 3.34. The molecule has 27 heavy (non-hydrogen) atoms. The van der Waals surface area contributed by atoms with Crippen molar-refractivity contribution in [3.05, 3.63) is 51.3 Å². The summed E-state index contributed by atoms with van der Waals surface area (Å²) in [6.45, 7) is 1.44. The molecular formula is C19H17ClN2O4S. The van der Waals surface area contributed by atoms with Gasteiger partial charge in [0, 0.05) is 37.2 Å². The number of hydrogen-bond donors (Lipinski definition) is 0. The Morgan fingerprint density at radius 1 is 1.33 bits per heavy atom. The highest BCUT2D eigenvalue weighted by Gasteiger charge is 2.20. The number of amides is 1. The fraction of sp³-hybridized carbons (Fsp3) is 0.263. The maximum atomic E-state index is 12.8. The van der Waals surface area contributed by atoms with E-state index in [1.54, 1.807) is 12.0 Å². The number of hydrogen-bond acceptors (Lipinski definition) is 6. The van der Waals surface area contributed by atoms with Crippen molar-refractivity contribution in [2.24, 2.45) is 0 Å². The van der Waals surface area contributed by atoms with Crippen molar-refractivity contribution in [1.29, 1.82) is 0 Å². The summed E-state index contributed by atoms with van der Waals surface area (Å²) < 4.78 is 16.0. The molecule has 1 amide bonds. The van der Waals surface area contributed by atoms with Crippen LogP contribution in [-0.2, 0) is 11.3 Å². The Bertz CT molecular complexity index is 978. The van der Waals surface area contributed by atoms with E-state index in [4.69, 9.17) is 25.8 Å². The van der Waals surface area contributed by atoms with Crippen LogP contribution >= 0.6 is 22.9 Å². The van der Waals surface area contributed by atoms with Gasteiger partial charge in [0.2, 0.25) is 6.79 Å². The van der Waals surface area contributed by atoms with Crippen LogP contribution in [-0.4, -0.2) is 42.8 Å². The Morgan fingerprint density at radius 3 is 2.89 bits per heavy atom.